The van der Waals surface area contributed by atoms with E-state index in [0.29, 0.717) is 6.04 Å². The van der Waals surface area contributed by atoms with Crippen LogP contribution < -0.4 is 10.2 Å². The van der Waals surface area contributed by atoms with Crippen LogP contribution in [0.15, 0.2) is 18.2 Å². The molecule has 1 unspecified atom stereocenters. The molecular weight excluding hydrogens is 172 g/mol. The van der Waals surface area contributed by atoms with Gasteiger partial charge in [0.1, 0.15) is 0 Å². The van der Waals surface area contributed by atoms with Gasteiger partial charge in [-0.2, -0.15) is 0 Å². The Morgan fingerprint density at radius 2 is 2.29 bits per heavy atom. The van der Waals surface area contributed by atoms with Crippen molar-refractivity contribution < 1.29 is 0 Å². The number of likely N-dealkylation sites (N-methyl/N-ethyl adjacent to an activating group) is 1. The lowest BCUT2D eigenvalue weighted by Crippen LogP contribution is -2.23. The molecule has 0 saturated carbocycles. The van der Waals surface area contributed by atoms with Gasteiger partial charge in [-0.25, -0.2) is 0 Å². The Balaban J connectivity index is 2.31. The summed E-state index contributed by atoms with van der Waals surface area (Å²) < 4.78 is 0. The zero-order chi connectivity index (χ0) is 10.1. The Morgan fingerprint density at radius 3 is 3.00 bits per heavy atom. The Morgan fingerprint density at radius 1 is 1.50 bits per heavy atom. The lowest BCUT2D eigenvalue weighted by Gasteiger charge is -2.18. The highest BCUT2D eigenvalue weighted by Crippen LogP contribution is 2.31. The van der Waals surface area contributed by atoms with Crippen molar-refractivity contribution in [1.29, 1.82) is 0 Å². The Labute approximate surface area is 85.9 Å². The number of anilines is 1. The first-order valence-electron chi connectivity index (χ1n) is 5.21. The summed E-state index contributed by atoms with van der Waals surface area (Å²) in [5.41, 5.74) is 4.26. The van der Waals surface area contributed by atoms with Crippen molar-refractivity contribution >= 4 is 5.69 Å². The van der Waals surface area contributed by atoms with Gasteiger partial charge in [-0.15, -0.1) is 0 Å². The minimum Gasteiger partial charge on any atom is -0.371 e. The molecule has 2 heteroatoms. The van der Waals surface area contributed by atoms with Crippen molar-refractivity contribution in [3.63, 3.8) is 0 Å². The maximum absolute atomic E-state index is 3.18. The second-order valence-corrected chi connectivity index (χ2v) is 4.16. The first-order valence-corrected chi connectivity index (χ1v) is 5.21. The predicted molar refractivity (Wildman–Crippen MR) is 60.8 cm³/mol. The van der Waals surface area contributed by atoms with Gasteiger partial charge in [-0.3, -0.25) is 0 Å². The fraction of sp³-hybridized carbons (Fsp3) is 0.500. The van der Waals surface area contributed by atoms with Crippen LogP contribution in [0.4, 0.5) is 5.69 Å². The van der Waals surface area contributed by atoms with Crippen LogP contribution in [0.5, 0.6) is 0 Å². The van der Waals surface area contributed by atoms with Crippen LogP contribution in [0.25, 0.3) is 0 Å². The van der Waals surface area contributed by atoms with Gasteiger partial charge in [-0.1, -0.05) is 12.1 Å². The van der Waals surface area contributed by atoms with E-state index in [1.165, 1.54) is 23.2 Å². The summed E-state index contributed by atoms with van der Waals surface area (Å²) in [6.45, 7) is 3.23. The summed E-state index contributed by atoms with van der Waals surface area (Å²) in [5, 5.41) is 3.18. The van der Waals surface area contributed by atoms with Gasteiger partial charge in [0.2, 0.25) is 0 Å². The van der Waals surface area contributed by atoms with E-state index in [9.17, 15) is 0 Å². The molecule has 0 amide bonds. The molecule has 0 fully saturated rings. The normalized spacial score (nSPS) is 19.9. The van der Waals surface area contributed by atoms with Gasteiger partial charge < -0.3 is 10.2 Å². The molecular formula is C12H18N2. The van der Waals surface area contributed by atoms with Crippen LogP contribution >= 0.6 is 0 Å². The SMILES string of the molecule is CNCc1ccc2c(c1)N(C)C(C)C2. The average Bonchev–Trinajstić information content (AvgIpc) is 2.45. The zero-order valence-electron chi connectivity index (χ0n) is 9.17. The van der Waals surface area contributed by atoms with E-state index in [1.807, 2.05) is 7.05 Å². The molecule has 0 aliphatic carbocycles. The first kappa shape index (κ1) is 9.53. The van der Waals surface area contributed by atoms with Gasteiger partial charge in [0, 0.05) is 25.3 Å². The highest BCUT2D eigenvalue weighted by Gasteiger charge is 2.22. The Bertz CT molecular complexity index is 333. The number of fused-ring (bicyclic) bond motifs is 1. The molecule has 1 aliphatic rings. The van der Waals surface area contributed by atoms with Crippen molar-refractivity contribution in [2.24, 2.45) is 0 Å². The van der Waals surface area contributed by atoms with Crippen LogP contribution in [-0.4, -0.2) is 20.1 Å². The predicted octanol–water partition coefficient (Wildman–Crippen LogP) is 1.79. The molecule has 0 aromatic heterocycles. The van der Waals surface area contributed by atoms with E-state index in [4.69, 9.17) is 0 Å². The van der Waals surface area contributed by atoms with E-state index in [-0.39, 0.29) is 0 Å². The molecule has 1 heterocycles. The smallest absolute Gasteiger partial charge is 0.0402 e. The fourth-order valence-electron chi connectivity index (χ4n) is 2.12. The van der Waals surface area contributed by atoms with E-state index in [1.54, 1.807) is 0 Å². The topological polar surface area (TPSA) is 15.3 Å². The summed E-state index contributed by atoms with van der Waals surface area (Å²) in [5.74, 6) is 0. The standard InChI is InChI=1S/C12H18N2/c1-9-6-11-5-4-10(8-13-2)7-12(11)14(9)3/h4-5,7,9,13H,6,8H2,1-3H3. The van der Waals surface area contributed by atoms with Crippen LogP contribution in [0.3, 0.4) is 0 Å². The van der Waals surface area contributed by atoms with Crippen LogP contribution in [0.1, 0.15) is 18.1 Å². The van der Waals surface area contributed by atoms with Crippen molar-refractivity contribution in [3.05, 3.63) is 29.3 Å². The molecule has 14 heavy (non-hydrogen) atoms. The van der Waals surface area contributed by atoms with Gasteiger partial charge in [-0.05, 0) is 37.6 Å². The number of nitrogens with one attached hydrogen (secondary N) is 1. The van der Waals surface area contributed by atoms with Crippen molar-refractivity contribution in [2.75, 3.05) is 19.0 Å². The number of hydrogen-bond donors (Lipinski definition) is 1. The maximum Gasteiger partial charge on any atom is 0.0402 e. The second kappa shape index (κ2) is 3.62. The summed E-state index contributed by atoms with van der Waals surface area (Å²) in [7, 11) is 4.17. The molecule has 1 aromatic rings. The summed E-state index contributed by atoms with van der Waals surface area (Å²) in [6.07, 6.45) is 1.19. The van der Waals surface area contributed by atoms with Crippen molar-refractivity contribution in [2.45, 2.75) is 25.9 Å². The number of nitrogens with zero attached hydrogens (tertiary/aromatic N) is 1. The molecule has 1 aliphatic heterocycles. The van der Waals surface area contributed by atoms with Gasteiger partial charge in [0.15, 0.2) is 0 Å². The summed E-state index contributed by atoms with van der Waals surface area (Å²) >= 11 is 0. The molecule has 0 bridgehead atoms. The van der Waals surface area contributed by atoms with Crippen LogP contribution in [0.2, 0.25) is 0 Å². The van der Waals surface area contributed by atoms with E-state index in [0.717, 1.165) is 6.54 Å². The molecule has 76 valence electrons. The van der Waals surface area contributed by atoms with Gasteiger partial charge in [0.25, 0.3) is 0 Å². The third-order valence-corrected chi connectivity index (χ3v) is 3.09. The zero-order valence-corrected chi connectivity index (χ0v) is 9.17. The summed E-state index contributed by atoms with van der Waals surface area (Å²) in [6, 6.07) is 7.44. The van der Waals surface area contributed by atoms with Crippen LogP contribution in [-0.2, 0) is 13.0 Å². The molecule has 0 radical (unpaired) electrons. The minimum absolute atomic E-state index is 0.648. The van der Waals surface area contributed by atoms with Crippen molar-refractivity contribution in [1.82, 2.24) is 5.32 Å². The second-order valence-electron chi connectivity index (χ2n) is 4.16. The number of hydrogen-bond acceptors (Lipinski definition) is 2. The third-order valence-electron chi connectivity index (χ3n) is 3.09. The molecule has 2 rings (SSSR count). The molecule has 0 spiro atoms. The van der Waals surface area contributed by atoms with E-state index >= 15 is 0 Å². The van der Waals surface area contributed by atoms with Gasteiger partial charge in [0.05, 0.1) is 0 Å². The largest absolute Gasteiger partial charge is 0.371 e. The Hall–Kier alpha value is -1.02. The first-order chi connectivity index (χ1) is 6.72. The average molecular weight is 190 g/mol. The van der Waals surface area contributed by atoms with E-state index in [2.05, 4.69) is 42.4 Å². The van der Waals surface area contributed by atoms with E-state index < -0.39 is 0 Å². The molecule has 1 aromatic carbocycles. The third kappa shape index (κ3) is 1.50. The molecule has 1 N–H and O–H groups in total. The fourth-order valence-corrected chi connectivity index (χ4v) is 2.12. The number of benzene rings is 1. The van der Waals surface area contributed by atoms with Crippen LogP contribution in [0, 0.1) is 0 Å². The minimum atomic E-state index is 0.648. The monoisotopic (exact) mass is 190 g/mol. The molecule has 1 atom stereocenters. The highest BCUT2D eigenvalue weighted by atomic mass is 15.1. The Kier molecular flexibility index (Phi) is 2.46. The highest BCUT2D eigenvalue weighted by molar-refractivity contribution is 5.60. The quantitative estimate of drug-likeness (QED) is 0.765. The van der Waals surface area contributed by atoms with Gasteiger partial charge >= 0.3 is 0 Å². The molecule has 2 nitrogen and oxygen atoms in total. The lowest BCUT2D eigenvalue weighted by atomic mass is 10.1. The van der Waals surface area contributed by atoms with Crippen molar-refractivity contribution in [3.8, 4) is 0 Å². The lowest BCUT2D eigenvalue weighted by molar-refractivity contribution is 0.732. The molecule has 0 saturated heterocycles. The number of rotatable bonds is 2. The maximum atomic E-state index is 3.18. The summed E-state index contributed by atoms with van der Waals surface area (Å²) in [4.78, 5) is 2.37.